The largest absolute Gasteiger partial charge is 0.380 e. The van der Waals surface area contributed by atoms with Gasteiger partial charge >= 0.3 is 0 Å². The van der Waals surface area contributed by atoms with Crippen LogP contribution in [0.3, 0.4) is 0 Å². The molecule has 6 atom stereocenters. The molecule has 8 rings (SSSR count). The van der Waals surface area contributed by atoms with Crippen molar-refractivity contribution in [2.75, 3.05) is 26.4 Å². The van der Waals surface area contributed by atoms with Gasteiger partial charge < -0.3 is 18.9 Å². The zero-order valence-corrected chi connectivity index (χ0v) is 27.4. The van der Waals surface area contributed by atoms with Gasteiger partial charge in [0.2, 0.25) is 0 Å². The van der Waals surface area contributed by atoms with Crippen LogP contribution < -0.4 is 0 Å². The lowest BCUT2D eigenvalue weighted by atomic mass is 9.74. The Morgan fingerprint density at radius 3 is 1.34 bits per heavy atom. The van der Waals surface area contributed by atoms with Crippen molar-refractivity contribution in [1.82, 2.24) is 0 Å². The molecule has 0 unspecified atom stereocenters. The maximum atomic E-state index is 14.4. The maximum absolute atomic E-state index is 14.4. The van der Waals surface area contributed by atoms with Gasteiger partial charge in [0.15, 0.2) is 23.3 Å². The first-order valence-electron chi connectivity index (χ1n) is 16.9. The van der Waals surface area contributed by atoms with E-state index in [-0.39, 0.29) is 59.7 Å². The molecule has 4 aliphatic rings. The molecular formula is C40H38F6O4. The van der Waals surface area contributed by atoms with Gasteiger partial charge in [-0.1, -0.05) is 48.5 Å². The summed E-state index contributed by atoms with van der Waals surface area (Å²) in [7, 11) is 0. The number of halogens is 6. The predicted molar refractivity (Wildman–Crippen MR) is 173 cm³/mol. The van der Waals surface area contributed by atoms with Crippen molar-refractivity contribution in [3.8, 4) is 0 Å². The zero-order valence-electron chi connectivity index (χ0n) is 27.4. The Hall–Kier alpha value is -3.70. The summed E-state index contributed by atoms with van der Waals surface area (Å²) in [6.45, 7) is 2.59. The van der Waals surface area contributed by atoms with Crippen molar-refractivity contribution in [1.29, 1.82) is 0 Å². The van der Waals surface area contributed by atoms with Crippen LogP contribution >= 0.6 is 0 Å². The minimum atomic E-state index is -0.874. The van der Waals surface area contributed by atoms with Gasteiger partial charge in [0.1, 0.15) is 11.6 Å². The van der Waals surface area contributed by atoms with Crippen molar-refractivity contribution in [2.45, 2.75) is 61.9 Å². The van der Waals surface area contributed by atoms with Gasteiger partial charge in [-0.3, -0.25) is 0 Å². The summed E-state index contributed by atoms with van der Waals surface area (Å²) in [5.41, 5.74) is 1.85. The van der Waals surface area contributed by atoms with Crippen LogP contribution in [0, 0.1) is 46.7 Å². The van der Waals surface area contributed by atoms with Crippen LogP contribution in [0.25, 0.3) is 0 Å². The average Bonchev–Trinajstić information content (AvgIpc) is 3.86. The normalized spacial score (nSPS) is 28.3. The van der Waals surface area contributed by atoms with Gasteiger partial charge in [0.05, 0.1) is 51.8 Å². The highest BCUT2D eigenvalue weighted by Gasteiger charge is 2.54. The number of hydrogen-bond acceptors (Lipinski definition) is 4. The van der Waals surface area contributed by atoms with E-state index in [9.17, 15) is 26.3 Å². The Kier molecular flexibility index (Phi) is 10.1. The molecule has 4 aromatic carbocycles. The fraction of sp³-hybridized carbons (Fsp3) is 0.400. The van der Waals surface area contributed by atoms with Crippen LogP contribution in [0.2, 0.25) is 0 Å². The summed E-state index contributed by atoms with van der Waals surface area (Å²) in [5, 5.41) is 0. The lowest BCUT2D eigenvalue weighted by Crippen LogP contribution is -2.31. The third-order valence-corrected chi connectivity index (χ3v) is 11.0. The van der Waals surface area contributed by atoms with Gasteiger partial charge in [0, 0.05) is 10.8 Å². The first-order valence-corrected chi connectivity index (χ1v) is 16.9. The van der Waals surface area contributed by atoms with Crippen molar-refractivity contribution in [3.05, 3.63) is 142 Å². The molecule has 4 nitrogen and oxygen atoms in total. The molecule has 0 radical (unpaired) electrons. The SMILES string of the molecule is Fc1ccc(CO[C@@H]2C[C@H]3COC[C@@]3(c3ccccc3F)C2)cc1F.Fc1ccc(CO[C@H]2C[C@H]3COC[C@@]3(c3ccccc3F)C2)cc1F. The second-order valence-electron chi connectivity index (χ2n) is 13.9. The average molecular weight is 697 g/mol. The molecule has 0 aromatic heterocycles. The molecule has 264 valence electrons. The first kappa shape index (κ1) is 34.7. The predicted octanol–water partition coefficient (Wildman–Crippen LogP) is 8.73. The smallest absolute Gasteiger partial charge is 0.159 e. The summed E-state index contributed by atoms with van der Waals surface area (Å²) in [6.07, 6.45) is 2.78. The molecule has 2 aliphatic carbocycles. The topological polar surface area (TPSA) is 36.9 Å². The highest BCUT2D eigenvalue weighted by atomic mass is 19.2. The van der Waals surface area contributed by atoms with E-state index in [0.717, 1.165) is 37.1 Å². The Morgan fingerprint density at radius 1 is 0.520 bits per heavy atom. The van der Waals surface area contributed by atoms with Crippen LogP contribution in [0.5, 0.6) is 0 Å². The van der Waals surface area contributed by atoms with Gasteiger partial charge in [-0.25, -0.2) is 26.3 Å². The molecule has 2 saturated carbocycles. The fourth-order valence-electron chi connectivity index (χ4n) is 8.46. The minimum Gasteiger partial charge on any atom is -0.380 e. The van der Waals surface area contributed by atoms with Crippen molar-refractivity contribution in [2.24, 2.45) is 11.8 Å². The highest BCUT2D eigenvalue weighted by Crippen LogP contribution is 2.52. The summed E-state index contributed by atoms with van der Waals surface area (Å²) in [6, 6.07) is 21.2. The number of fused-ring (bicyclic) bond motifs is 2. The van der Waals surface area contributed by atoms with E-state index >= 15 is 0 Å². The van der Waals surface area contributed by atoms with E-state index < -0.39 is 23.3 Å². The first-order chi connectivity index (χ1) is 24.2. The minimum absolute atomic E-state index is 0.0541. The third kappa shape index (κ3) is 6.83. The van der Waals surface area contributed by atoms with Crippen LogP contribution in [-0.2, 0) is 43.0 Å². The molecule has 10 heteroatoms. The molecule has 50 heavy (non-hydrogen) atoms. The van der Waals surface area contributed by atoms with Gasteiger partial charge in [-0.05, 0) is 96.2 Å². The molecule has 4 fully saturated rings. The van der Waals surface area contributed by atoms with Crippen LogP contribution in [0.4, 0.5) is 26.3 Å². The summed E-state index contributed by atoms with van der Waals surface area (Å²) < 4.78 is 105. The van der Waals surface area contributed by atoms with E-state index in [0.29, 0.717) is 61.5 Å². The van der Waals surface area contributed by atoms with E-state index in [4.69, 9.17) is 18.9 Å². The van der Waals surface area contributed by atoms with Crippen LogP contribution in [0.1, 0.15) is 47.9 Å². The Morgan fingerprint density at radius 2 is 0.940 bits per heavy atom. The molecule has 4 aromatic rings. The molecule has 2 heterocycles. The molecule has 0 N–H and O–H groups in total. The van der Waals surface area contributed by atoms with Crippen molar-refractivity contribution < 1.29 is 45.3 Å². The number of ether oxygens (including phenoxy) is 4. The molecular weight excluding hydrogens is 658 g/mol. The Bertz CT molecular complexity index is 1690. The quantitative estimate of drug-likeness (QED) is 0.173. The maximum Gasteiger partial charge on any atom is 0.159 e. The Balaban J connectivity index is 0.000000157. The number of benzene rings is 4. The standard InChI is InChI=1S/2C20H19F3O2/c2*21-17-4-2-1-3-16(17)20-9-15(8-14(20)11-24-12-20)25-10-13-5-6-18(22)19(23)7-13/h2*1-7,14-15H,8-12H2/t14-,15+,20-;14-,15-,20-/m00/s1. The summed E-state index contributed by atoms with van der Waals surface area (Å²) in [4.78, 5) is 0. The lowest BCUT2D eigenvalue weighted by Gasteiger charge is -2.28. The van der Waals surface area contributed by atoms with Crippen LogP contribution in [0.15, 0.2) is 84.9 Å². The van der Waals surface area contributed by atoms with Crippen molar-refractivity contribution >= 4 is 0 Å². The van der Waals surface area contributed by atoms with Gasteiger partial charge in [-0.2, -0.15) is 0 Å². The lowest BCUT2D eigenvalue weighted by molar-refractivity contribution is 0.0287. The molecule has 0 spiro atoms. The highest BCUT2D eigenvalue weighted by molar-refractivity contribution is 5.33. The van der Waals surface area contributed by atoms with Gasteiger partial charge in [-0.15, -0.1) is 0 Å². The number of hydrogen-bond donors (Lipinski definition) is 0. The van der Waals surface area contributed by atoms with Crippen molar-refractivity contribution in [3.63, 3.8) is 0 Å². The molecule has 0 amide bonds. The Labute approximate surface area is 287 Å². The van der Waals surface area contributed by atoms with E-state index in [1.807, 2.05) is 24.3 Å². The molecule has 0 bridgehead atoms. The summed E-state index contributed by atoms with van der Waals surface area (Å²) in [5.74, 6) is -3.48. The zero-order chi connectivity index (χ0) is 34.9. The van der Waals surface area contributed by atoms with E-state index in [1.54, 1.807) is 12.1 Å². The number of rotatable bonds is 8. The third-order valence-electron chi connectivity index (χ3n) is 11.0. The van der Waals surface area contributed by atoms with E-state index in [1.165, 1.54) is 24.3 Å². The molecule has 2 saturated heterocycles. The molecule has 2 aliphatic heterocycles. The van der Waals surface area contributed by atoms with Crippen LogP contribution in [-0.4, -0.2) is 38.6 Å². The monoisotopic (exact) mass is 696 g/mol. The van der Waals surface area contributed by atoms with Gasteiger partial charge in [0.25, 0.3) is 0 Å². The second kappa shape index (κ2) is 14.5. The summed E-state index contributed by atoms with van der Waals surface area (Å²) >= 11 is 0. The van der Waals surface area contributed by atoms with E-state index in [2.05, 4.69) is 0 Å². The fourth-order valence-corrected chi connectivity index (χ4v) is 8.46. The second-order valence-corrected chi connectivity index (χ2v) is 13.9.